The molecule has 0 spiro atoms. The molecule has 1 aromatic heterocycles. The van der Waals surface area contributed by atoms with Crippen molar-refractivity contribution in [2.45, 2.75) is 25.8 Å². The summed E-state index contributed by atoms with van der Waals surface area (Å²) in [4.78, 5) is 12.5. The molecule has 0 aliphatic heterocycles. The maximum absolute atomic E-state index is 12.0. The zero-order valence-electron chi connectivity index (χ0n) is 10.2. The van der Waals surface area contributed by atoms with Crippen molar-refractivity contribution in [3.05, 3.63) is 47.0 Å². The highest BCUT2D eigenvalue weighted by Crippen LogP contribution is 2.19. The minimum Gasteiger partial charge on any atom is -0.344 e. The van der Waals surface area contributed by atoms with Crippen LogP contribution < -0.4 is 5.32 Å². The van der Waals surface area contributed by atoms with Crippen molar-refractivity contribution in [3.63, 3.8) is 0 Å². The van der Waals surface area contributed by atoms with Crippen LogP contribution in [-0.2, 0) is 0 Å². The lowest BCUT2D eigenvalue weighted by Gasteiger charge is -2.17. The predicted octanol–water partition coefficient (Wildman–Crippen LogP) is 2.81. The van der Waals surface area contributed by atoms with Crippen molar-refractivity contribution in [2.24, 2.45) is 0 Å². The molecule has 1 atom stereocenters. The van der Waals surface area contributed by atoms with E-state index in [1.807, 2.05) is 30.3 Å². The summed E-state index contributed by atoms with van der Waals surface area (Å²) in [6.45, 7) is 2.11. The molecule has 2 aromatic rings. The van der Waals surface area contributed by atoms with E-state index in [4.69, 9.17) is 0 Å². The quantitative estimate of drug-likeness (QED) is 0.900. The molecule has 1 aromatic carbocycles. The first-order valence-electron chi connectivity index (χ1n) is 5.94. The summed E-state index contributed by atoms with van der Waals surface area (Å²) < 4.78 is 3.70. The van der Waals surface area contributed by atoms with Gasteiger partial charge in [-0.05, 0) is 23.5 Å². The van der Waals surface area contributed by atoms with Crippen LogP contribution in [0.25, 0.3) is 0 Å². The van der Waals surface area contributed by atoms with Crippen molar-refractivity contribution in [3.8, 4) is 0 Å². The number of rotatable bonds is 5. The van der Waals surface area contributed by atoms with E-state index in [-0.39, 0.29) is 11.9 Å². The van der Waals surface area contributed by atoms with E-state index in [2.05, 4.69) is 21.8 Å². The molecule has 4 nitrogen and oxygen atoms in total. The Labute approximate surface area is 110 Å². The number of carbonyl (C=O) groups excluding carboxylic acids is 1. The molecule has 0 saturated heterocycles. The lowest BCUT2D eigenvalue weighted by molar-refractivity contribution is 0.0938. The molecule has 0 aliphatic carbocycles. The first kappa shape index (κ1) is 12.7. The summed E-state index contributed by atoms with van der Waals surface area (Å²) in [7, 11) is 0. The fourth-order valence-electron chi connectivity index (χ4n) is 1.79. The van der Waals surface area contributed by atoms with E-state index in [0.717, 1.165) is 29.9 Å². The van der Waals surface area contributed by atoms with Gasteiger partial charge >= 0.3 is 0 Å². The van der Waals surface area contributed by atoms with Gasteiger partial charge in [0.05, 0.1) is 12.2 Å². The number of hydrogen-bond donors (Lipinski definition) is 1. The number of nitrogens with one attached hydrogen (secondary N) is 1. The van der Waals surface area contributed by atoms with E-state index in [1.165, 1.54) is 6.20 Å². The van der Waals surface area contributed by atoms with Crippen molar-refractivity contribution >= 4 is 17.4 Å². The number of hydrogen-bond acceptors (Lipinski definition) is 4. The molecule has 0 saturated carbocycles. The van der Waals surface area contributed by atoms with E-state index >= 15 is 0 Å². The number of nitrogens with zero attached hydrogens (tertiary/aromatic N) is 2. The number of amides is 1. The van der Waals surface area contributed by atoms with Crippen LogP contribution >= 0.6 is 11.5 Å². The Morgan fingerprint density at radius 3 is 2.78 bits per heavy atom. The van der Waals surface area contributed by atoms with Crippen LogP contribution in [0.4, 0.5) is 0 Å². The number of benzene rings is 1. The molecule has 0 radical (unpaired) electrons. The summed E-state index contributed by atoms with van der Waals surface area (Å²) in [5, 5.41) is 6.71. The fraction of sp³-hybridized carbons (Fsp3) is 0.308. The Morgan fingerprint density at radius 1 is 1.39 bits per heavy atom. The van der Waals surface area contributed by atoms with Crippen molar-refractivity contribution in [1.82, 2.24) is 14.9 Å². The van der Waals surface area contributed by atoms with Gasteiger partial charge in [-0.3, -0.25) is 4.79 Å². The molecule has 1 N–H and O–H groups in total. The van der Waals surface area contributed by atoms with Crippen LogP contribution in [0.1, 0.15) is 41.0 Å². The average Bonchev–Trinajstić information content (AvgIpc) is 2.93. The monoisotopic (exact) mass is 261 g/mol. The second kappa shape index (κ2) is 6.26. The molecule has 0 aliphatic rings. The Morgan fingerprint density at radius 2 is 2.17 bits per heavy atom. The summed E-state index contributed by atoms with van der Waals surface area (Å²) in [5.74, 6) is -0.104. The van der Waals surface area contributed by atoms with Crippen LogP contribution in [0.3, 0.4) is 0 Å². The Bertz CT molecular complexity index is 484. The Hall–Kier alpha value is -1.75. The molecule has 0 bridgehead atoms. The third-order valence-electron chi connectivity index (χ3n) is 2.67. The zero-order chi connectivity index (χ0) is 12.8. The van der Waals surface area contributed by atoms with E-state index in [1.54, 1.807) is 0 Å². The summed E-state index contributed by atoms with van der Waals surface area (Å²) in [6.07, 6.45) is 3.43. The minimum atomic E-state index is -0.104. The molecule has 94 valence electrons. The van der Waals surface area contributed by atoms with Gasteiger partial charge in [-0.2, -0.15) is 0 Å². The smallest absolute Gasteiger partial charge is 0.265 e. The molecule has 18 heavy (non-hydrogen) atoms. The normalized spacial score (nSPS) is 12.1. The number of aromatic nitrogens is 2. The van der Waals surface area contributed by atoms with Crippen LogP contribution in [0.15, 0.2) is 36.5 Å². The highest BCUT2D eigenvalue weighted by atomic mass is 32.1. The maximum Gasteiger partial charge on any atom is 0.265 e. The zero-order valence-corrected chi connectivity index (χ0v) is 11.0. The van der Waals surface area contributed by atoms with Crippen LogP contribution in [-0.4, -0.2) is 15.5 Å². The van der Waals surface area contributed by atoms with Crippen molar-refractivity contribution < 1.29 is 4.79 Å². The average molecular weight is 261 g/mol. The van der Waals surface area contributed by atoms with Gasteiger partial charge in [-0.25, -0.2) is 0 Å². The first-order valence-corrected chi connectivity index (χ1v) is 6.71. The summed E-state index contributed by atoms with van der Waals surface area (Å²) in [6, 6.07) is 10.1. The molecule has 0 unspecified atom stereocenters. The van der Waals surface area contributed by atoms with E-state index in [9.17, 15) is 4.79 Å². The molecule has 5 heteroatoms. The predicted molar refractivity (Wildman–Crippen MR) is 71.5 cm³/mol. The van der Waals surface area contributed by atoms with Gasteiger partial charge in [-0.15, -0.1) is 5.10 Å². The van der Waals surface area contributed by atoms with Gasteiger partial charge < -0.3 is 5.32 Å². The second-order valence-electron chi connectivity index (χ2n) is 4.01. The summed E-state index contributed by atoms with van der Waals surface area (Å²) >= 11 is 1.11. The minimum absolute atomic E-state index is 0.0470. The maximum atomic E-state index is 12.0. The van der Waals surface area contributed by atoms with Gasteiger partial charge in [0.25, 0.3) is 5.91 Å². The molecule has 1 amide bonds. The number of carbonyl (C=O) groups is 1. The van der Waals surface area contributed by atoms with Crippen LogP contribution in [0, 0.1) is 0 Å². The van der Waals surface area contributed by atoms with E-state index in [0.29, 0.717) is 4.88 Å². The molecule has 2 rings (SSSR count). The highest BCUT2D eigenvalue weighted by molar-refractivity contribution is 7.07. The van der Waals surface area contributed by atoms with E-state index < -0.39 is 0 Å². The van der Waals surface area contributed by atoms with Crippen molar-refractivity contribution in [1.29, 1.82) is 0 Å². The third kappa shape index (κ3) is 3.13. The van der Waals surface area contributed by atoms with Gasteiger partial charge in [-0.1, -0.05) is 48.2 Å². The topological polar surface area (TPSA) is 54.9 Å². The third-order valence-corrected chi connectivity index (χ3v) is 3.33. The highest BCUT2D eigenvalue weighted by Gasteiger charge is 2.16. The lowest BCUT2D eigenvalue weighted by Crippen LogP contribution is -2.27. The second-order valence-corrected chi connectivity index (χ2v) is 4.79. The Balaban J connectivity index is 2.10. The largest absolute Gasteiger partial charge is 0.344 e. The van der Waals surface area contributed by atoms with Gasteiger partial charge in [0.2, 0.25) is 0 Å². The fourth-order valence-corrected chi connectivity index (χ4v) is 2.21. The van der Waals surface area contributed by atoms with Gasteiger partial charge in [0.15, 0.2) is 0 Å². The standard InChI is InChI=1S/C13H15N3OS/c1-2-6-11(10-7-4-3-5-8-10)15-13(17)12-9-14-16-18-12/h3-5,7-9,11H,2,6H2,1H3,(H,15,17)/t11-/m1/s1. The lowest BCUT2D eigenvalue weighted by atomic mass is 10.0. The molecular formula is C13H15N3OS. The summed E-state index contributed by atoms with van der Waals surface area (Å²) in [5.41, 5.74) is 1.13. The van der Waals surface area contributed by atoms with Crippen LogP contribution in [0.5, 0.6) is 0 Å². The first-order chi connectivity index (χ1) is 8.81. The molecule has 1 heterocycles. The van der Waals surface area contributed by atoms with Crippen molar-refractivity contribution in [2.75, 3.05) is 0 Å². The molecular weight excluding hydrogens is 246 g/mol. The SMILES string of the molecule is CCC[C@@H](NC(=O)c1cnns1)c1ccccc1. The van der Waals surface area contributed by atoms with Gasteiger partial charge in [0.1, 0.15) is 4.88 Å². The molecule has 0 fully saturated rings. The Kier molecular flexibility index (Phi) is 4.41. The van der Waals surface area contributed by atoms with Gasteiger partial charge in [0, 0.05) is 0 Å². The van der Waals surface area contributed by atoms with Crippen LogP contribution in [0.2, 0.25) is 0 Å².